The maximum absolute atomic E-state index is 13.5. The van der Waals surface area contributed by atoms with E-state index < -0.39 is 41.6 Å². The van der Waals surface area contributed by atoms with Crippen LogP contribution in [-0.4, -0.2) is 40.9 Å². The molecule has 0 aliphatic rings. The zero-order valence-corrected chi connectivity index (χ0v) is 24.7. The van der Waals surface area contributed by atoms with Gasteiger partial charge in [0.1, 0.15) is 12.1 Å². The molecule has 42 heavy (non-hydrogen) atoms. The van der Waals surface area contributed by atoms with Crippen LogP contribution in [0.15, 0.2) is 66.7 Å². The number of rotatable bonds is 14. The number of carbonyl (C=O) groups excluding carboxylic acids is 4. The first-order chi connectivity index (χ1) is 20.0. The fraction of sp³-hybridized carbons (Fsp3) is 0.394. The fourth-order valence-corrected chi connectivity index (χ4v) is 5.05. The van der Waals surface area contributed by atoms with E-state index >= 15 is 0 Å². The molecule has 0 spiro atoms. The third-order valence-electron chi connectivity index (χ3n) is 7.16. The summed E-state index contributed by atoms with van der Waals surface area (Å²) in [5.74, 6) is -2.93. The first-order valence-corrected chi connectivity index (χ1v) is 14.4. The SMILES string of the molecule is CC(C)C[C@H](CC(=O)NO)C(=O)NC(Cc1ccc(-c2ccc3ccccc3c2)cc1)C(=O)N[C@@H](CC(C)C)C(N)=O. The van der Waals surface area contributed by atoms with E-state index in [1.165, 1.54) is 0 Å². The van der Waals surface area contributed by atoms with Gasteiger partial charge in [0.2, 0.25) is 23.6 Å². The van der Waals surface area contributed by atoms with E-state index in [1.54, 1.807) is 5.48 Å². The van der Waals surface area contributed by atoms with Gasteiger partial charge in [-0.3, -0.25) is 24.4 Å². The average molecular weight is 575 g/mol. The minimum atomic E-state index is -1.02. The van der Waals surface area contributed by atoms with Crippen LogP contribution in [0.1, 0.15) is 52.5 Å². The number of benzene rings is 3. The van der Waals surface area contributed by atoms with Crippen LogP contribution in [0.4, 0.5) is 0 Å². The molecule has 0 radical (unpaired) electrons. The van der Waals surface area contributed by atoms with Gasteiger partial charge in [0.25, 0.3) is 0 Å². The molecule has 224 valence electrons. The summed E-state index contributed by atoms with van der Waals surface area (Å²) in [5, 5.41) is 16.8. The van der Waals surface area contributed by atoms with Crippen LogP contribution in [0.25, 0.3) is 21.9 Å². The van der Waals surface area contributed by atoms with Crippen molar-refractivity contribution in [2.24, 2.45) is 23.5 Å². The van der Waals surface area contributed by atoms with Crippen molar-refractivity contribution in [1.82, 2.24) is 16.1 Å². The Bertz CT molecular complexity index is 1390. The lowest BCUT2D eigenvalue weighted by Crippen LogP contribution is -2.55. The summed E-state index contributed by atoms with van der Waals surface area (Å²) in [6.07, 6.45) is 0.663. The van der Waals surface area contributed by atoms with Gasteiger partial charge in [-0.25, -0.2) is 5.48 Å². The van der Waals surface area contributed by atoms with Gasteiger partial charge in [-0.1, -0.05) is 88.4 Å². The molecule has 0 fully saturated rings. The van der Waals surface area contributed by atoms with Gasteiger partial charge in [-0.15, -0.1) is 0 Å². The summed E-state index contributed by atoms with van der Waals surface area (Å²) in [4.78, 5) is 50.8. The normalized spacial score (nSPS) is 13.4. The Morgan fingerprint density at radius 2 is 1.33 bits per heavy atom. The summed E-state index contributed by atoms with van der Waals surface area (Å²) >= 11 is 0. The third-order valence-corrected chi connectivity index (χ3v) is 7.16. The van der Waals surface area contributed by atoms with Crippen molar-refractivity contribution in [3.8, 4) is 11.1 Å². The quantitative estimate of drug-likeness (QED) is 0.145. The summed E-state index contributed by atoms with van der Waals surface area (Å²) < 4.78 is 0. The highest BCUT2D eigenvalue weighted by atomic mass is 16.5. The molecule has 0 aliphatic heterocycles. The highest BCUT2D eigenvalue weighted by Crippen LogP contribution is 2.25. The molecule has 1 unspecified atom stereocenters. The van der Waals surface area contributed by atoms with Crippen LogP contribution >= 0.6 is 0 Å². The maximum Gasteiger partial charge on any atom is 0.244 e. The number of hydrogen-bond donors (Lipinski definition) is 5. The highest BCUT2D eigenvalue weighted by Gasteiger charge is 2.30. The van der Waals surface area contributed by atoms with E-state index in [1.807, 2.05) is 64.1 Å². The molecular weight excluding hydrogens is 532 g/mol. The van der Waals surface area contributed by atoms with E-state index in [0.717, 1.165) is 27.5 Å². The molecule has 0 bridgehead atoms. The summed E-state index contributed by atoms with van der Waals surface area (Å²) in [6, 6.07) is 20.2. The Kier molecular flexibility index (Phi) is 11.6. The van der Waals surface area contributed by atoms with Crippen molar-refractivity contribution in [3.05, 3.63) is 72.3 Å². The molecule has 9 nitrogen and oxygen atoms in total. The van der Waals surface area contributed by atoms with Crippen LogP contribution in [0.2, 0.25) is 0 Å². The third kappa shape index (κ3) is 9.41. The van der Waals surface area contributed by atoms with Gasteiger partial charge in [-0.2, -0.15) is 0 Å². The molecule has 0 aromatic heterocycles. The maximum atomic E-state index is 13.5. The molecule has 3 aromatic carbocycles. The minimum Gasteiger partial charge on any atom is -0.368 e. The minimum absolute atomic E-state index is 0.0902. The number of nitrogens with two attached hydrogens (primary N) is 1. The number of carbonyl (C=O) groups is 4. The van der Waals surface area contributed by atoms with Crippen molar-refractivity contribution < 1.29 is 24.4 Å². The van der Waals surface area contributed by atoms with Crippen LogP contribution in [0, 0.1) is 17.8 Å². The Labute approximate surface area is 247 Å². The van der Waals surface area contributed by atoms with Gasteiger partial charge in [-0.05, 0) is 58.2 Å². The van der Waals surface area contributed by atoms with E-state index in [9.17, 15) is 19.2 Å². The summed E-state index contributed by atoms with van der Waals surface area (Å²) in [6.45, 7) is 7.67. The molecule has 9 heteroatoms. The highest BCUT2D eigenvalue weighted by molar-refractivity contribution is 5.93. The van der Waals surface area contributed by atoms with Crippen molar-refractivity contribution in [2.75, 3.05) is 0 Å². The monoisotopic (exact) mass is 574 g/mol. The van der Waals surface area contributed by atoms with Crippen molar-refractivity contribution >= 4 is 34.4 Å². The number of primary amides is 1. The predicted octanol–water partition coefficient (Wildman–Crippen LogP) is 4.11. The van der Waals surface area contributed by atoms with Crippen LogP contribution in [-0.2, 0) is 25.6 Å². The van der Waals surface area contributed by atoms with Crippen LogP contribution in [0.5, 0.6) is 0 Å². The topological polar surface area (TPSA) is 151 Å². The fourth-order valence-electron chi connectivity index (χ4n) is 5.05. The average Bonchev–Trinajstić information content (AvgIpc) is 2.95. The standard InChI is InChI=1S/C33H42N4O5/c1-20(2)15-27(19-30(38)37-42)32(40)36-29(33(41)35-28(31(34)39)16-21(3)4)17-22-9-11-24(12-10-22)26-14-13-23-7-5-6-8-25(23)18-26/h5-14,18,20-21,27-29,42H,15-17,19H2,1-4H3,(H2,34,39)(H,35,41)(H,36,40)(H,37,38)/t27-,28+,29?/m1/s1. The second kappa shape index (κ2) is 15.1. The Hall–Kier alpha value is -4.24. The van der Waals surface area contributed by atoms with Crippen LogP contribution < -0.4 is 21.8 Å². The Morgan fingerprint density at radius 1 is 0.738 bits per heavy atom. The van der Waals surface area contributed by atoms with E-state index in [4.69, 9.17) is 10.9 Å². The molecule has 3 atom stereocenters. The molecule has 0 saturated heterocycles. The smallest absolute Gasteiger partial charge is 0.244 e. The van der Waals surface area contributed by atoms with Gasteiger partial charge in [0, 0.05) is 18.8 Å². The van der Waals surface area contributed by atoms with Gasteiger partial charge < -0.3 is 16.4 Å². The number of hydroxylamine groups is 1. The zero-order chi connectivity index (χ0) is 30.8. The van der Waals surface area contributed by atoms with E-state index in [2.05, 4.69) is 41.0 Å². The van der Waals surface area contributed by atoms with Gasteiger partial charge in [0.15, 0.2) is 0 Å². The number of amides is 4. The van der Waals surface area contributed by atoms with Crippen molar-refractivity contribution in [3.63, 3.8) is 0 Å². The lowest BCUT2D eigenvalue weighted by molar-refractivity contribution is -0.137. The molecule has 3 aromatic rings. The molecule has 3 rings (SSSR count). The summed E-state index contributed by atoms with van der Waals surface area (Å²) in [7, 11) is 0. The van der Waals surface area contributed by atoms with Crippen molar-refractivity contribution in [1.29, 1.82) is 0 Å². The largest absolute Gasteiger partial charge is 0.368 e. The zero-order valence-electron chi connectivity index (χ0n) is 24.7. The Balaban J connectivity index is 1.85. The summed E-state index contributed by atoms with van der Waals surface area (Å²) in [5.41, 5.74) is 9.99. The molecular formula is C33H42N4O5. The first-order valence-electron chi connectivity index (χ1n) is 14.4. The lowest BCUT2D eigenvalue weighted by Gasteiger charge is -2.25. The number of hydrogen-bond acceptors (Lipinski definition) is 5. The van der Waals surface area contributed by atoms with E-state index in [-0.39, 0.29) is 24.7 Å². The second-order valence-corrected chi connectivity index (χ2v) is 11.7. The molecule has 0 heterocycles. The predicted molar refractivity (Wildman–Crippen MR) is 163 cm³/mol. The lowest BCUT2D eigenvalue weighted by atomic mass is 9.92. The van der Waals surface area contributed by atoms with Gasteiger partial charge >= 0.3 is 0 Å². The first kappa shape index (κ1) is 32.3. The van der Waals surface area contributed by atoms with Gasteiger partial charge in [0.05, 0.1) is 0 Å². The van der Waals surface area contributed by atoms with Crippen molar-refractivity contribution in [2.45, 2.75) is 65.5 Å². The number of nitrogens with one attached hydrogen (secondary N) is 3. The molecule has 4 amide bonds. The molecule has 0 saturated carbocycles. The second-order valence-electron chi connectivity index (χ2n) is 11.7. The Morgan fingerprint density at radius 3 is 1.93 bits per heavy atom. The number of fused-ring (bicyclic) bond motifs is 1. The van der Waals surface area contributed by atoms with E-state index in [0.29, 0.717) is 12.8 Å². The molecule has 0 aliphatic carbocycles. The molecule has 6 N–H and O–H groups in total. The van der Waals surface area contributed by atoms with Crippen LogP contribution in [0.3, 0.4) is 0 Å².